The second kappa shape index (κ2) is 6.79. The molecule has 0 spiro atoms. The van der Waals surface area contributed by atoms with Crippen molar-refractivity contribution in [3.8, 4) is 0 Å². The van der Waals surface area contributed by atoms with Gasteiger partial charge in [0.05, 0.1) is 0 Å². The van der Waals surface area contributed by atoms with Gasteiger partial charge in [-0.15, -0.1) is 0 Å². The molecule has 3 rings (SSSR count). The molecule has 5 atom stereocenters. The van der Waals surface area contributed by atoms with Crippen LogP contribution in [0.5, 0.6) is 0 Å². The maximum absolute atomic E-state index is 6.13. The summed E-state index contributed by atoms with van der Waals surface area (Å²) in [6.07, 6.45) is 14.5. The molecule has 0 aromatic carbocycles. The molecule has 3 fully saturated rings. The molecule has 0 bridgehead atoms. The van der Waals surface area contributed by atoms with Gasteiger partial charge in [-0.2, -0.15) is 0 Å². The summed E-state index contributed by atoms with van der Waals surface area (Å²) >= 11 is 0. The van der Waals surface area contributed by atoms with E-state index in [4.69, 9.17) is 5.73 Å². The molecule has 2 heteroatoms. The van der Waals surface area contributed by atoms with Gasteiger partial charge in [0.25, 0.3) is 0 Å². The highest BCUT2D eigenvalue weighted by molar-refractivity contribution is 4.96. The molecule has 2 nitrogen and oxygen atoms in total. The lowest BCUT2D eigenvalue weighted by molar-refractivity contribution is 0.00834. The first-order valence-electron chi connectivity index (χ1n) is 9.29. The van der Waals surface area contributed by atoms with Crippen molar-refractivity contribution in [1.29, 1.82) is 0 Å². The van der Waals surface area contributed by atoms with Crippen molar-refractivity contribution in [2.45, 2.75) is 83.2 Å². The summed E-state index contributed by atoms with van der Waals surface area (Å²) in [7, 11) is 0. The van der Waals surface area contributed by atoms with Crippen molar-refractivity contribution in [1.82, 2.24) is 4.90 Å². The van der Waals surface area contributed by atoms with Crippen molar-refractivity contribution in [2.24, 2.45) is 23.5 Å². The molecule has 2 N–H and O–H groups in total. The third kappa shape index (κ3) is 2.92. The van der Waals surface area contributed by atoms with E-state index in [-0.39, 0.29) is 0 Å². The molecule has 1 heterocycles. The van der Waals surface area contributed by atoms with Crippen LogP contribution in [0.25, 0.3) is 0 Å². The zero-order valence-electron chi connectivity index (χ0n) is 13.4. The molecule has 3 aliphatic rings. The SMILES string of the molecule is CCCC1CCC(CN)C(N2CCCC3CCCC32)C1. The van der Waals surface area contributed by atoms with Crippen molar-refractivity contribution < 1.29 is 0 Å². The minimum Gasteiger partial charge on any atom is -0.330 e. The Labute approximate surface area is 125 Å². The number of hydrogen-bond donors (Lipinski definition) is 1. The monoisotopic (exact) mass is 278 g/mol. The van der Waals surface area contributed by atoms with E-state index in [9.17, 15) is 0 Å². The van der Waals surface area contributed by atoms with E-state index in [0.29, 0.717) is 0 Å². The van der Waals surface area contributed by atoms with Gasteiger partial charge < -0.3 is 5.73 Å². The number of piperidine rings is 1. The summed E-state index contributed by atoms with van der Waals surface area (Å²) in [4.78, 5) is 2.94. The Kier molecular flexibility index (Phi) is 5.04. The molecule has 5 unspecified atom stereocenters. The number of likely N-dealkylation sites (tertiary alicyclic amines) is 1. The second-order valence-electron chi connectivity index (χ2n) is 7.67. The van der Waals surface area contributed by atoms with E-state index >= 15 is 0 Å². The van der Waals surface area contributed by atoms with Crippen molar-refractivity contribution >= 4 is 0 Å². The lowest BCUT2D eigenvalue weighted by Crippen LogP contribution is -2.54. The lowest BCUT2D eigenvalue weighted by atomic mass is 9.74. The highest BCUT2D eigenvalue weighted by Crippen LogP contribution is 2.42. The molecule has 2 aliphatic carbocycles. The fraction of sp³-hybridized carbons (Fsp3) is 1.00. The Morgan fingerprint density at radius 1 is 1.00 bits per heavy atom. The summed E-state index contributed by atoms with van der Waals surface area (Å²) in [5, 5.41) is 0. The maximum atomic E-state index is 6.13. The van der Waals surface area contributed by atoms with Crippen LogP contribution < -0.4 is 5.73 Å². The fourth-order valence-corrected chi connectivity index (χ4v) is 5.55. The summed E-state index contributed by atoms with van der Waals surface area (Å²) in [5.74, 6) is 2.78. The zero-order chi connectivity index (χ0) is 13.9. The van der Waals surface area contributed by atoms with Crippen LogP contribution in [0.4, 0.5) is 0 Å². The molecule has 0 aromatic heterocycles. The number of hydrogen-bond acceptors (Lipinski definition) is 2. The van der Waals surface area contributed by atoms with Crippen molar-refractivity contribution in [2.75, 3.05) is 13.1 Å². The van der Waals surface area contributed by atoms with E-state index in [2.05, 4.69) is 11.8 Å². The predicted molar refractivity (Wildman–Crippen MR) is 85.7 cm³/mol. The predicted octanol–water partition coefficient (Wildman–Crippen LogP) is 3.79. The highest BCUT2D eigenvalue weighted by atomic mass is 15.2. The van der Waals surface area contributed by atoms with Crippen LogP contribution >= 0.6 is 0 Å². The quantitative estimate of drug-likeness (QED) is 0.847. The summed E-state index contributed by atoms with van der Waals surface area (Å²) in [6, 6.07) is 1.74. The Bertz CT molecular complexity index is 304. The molecule has 116 valence electrons. The Morgan fingerprint density at radius 2 is 1.85 bits per heavy atom. The van der Waals surface area contributed by atoms with E-state index in [1.807, 2.05) is 0 Å². The molecule has 1 saturated heterocycles. The zero-order valence-corrected chi connectivity index (χ0v) is 13.4. The largest absolute Gasteiger partial charge is 0.330 e. The first-order chi connectivity index (χ1) is 9.83. The van der Waals surface area contributed by atoms with Crippen molar-refractivity contribution in [3.05, 3.63) is 0 Å². The molecule has 0 aromatic rings. The first kappa shape index (κ1) is 14.8. The fourth-order valence-electron chi connectivity index (χ4n) is 5.55. The molecule has 20 heavy (non-hydrogen) atoms. The molecule has 1 aliphatic heterocycles. The van der Waals surface area contributed by atoms with E-state index < -0.39 is 0 Å². The normalized spacial score (nSPS) is 42.6. The first-order valence-corrected chi connectivity index (χ1v) is 9.29. The minimum absolute atomic E-state index is 0.780. The van der Waals surface area contributed by atoms with Crippen LogP contribution in [0.2, 0.25) is 0 Å². The lowest BCUT2D eigenvalue weighted by Gasteiger charge is -2.49. The molecule has 0 radical (unpaired) electrons. The smallest absolute Gasteiger partial charge is 0.0141 e. The average molecular weight is 278 g/mol. The molecular weight excluding hydrogens is 244 g/mol. The summed E-state index contributed by atoms with van der Waals surface area (Å²) in [6.45, 7) is 4.62. The van der Waals surface area contributed by atoms with Gasteiger partial charge in [0, 0.05) is 12.1 Å². The number of nitrogens with two attached hydrogens (primary N) is 1. The maximum Gasteiger partial charge on any atom is 0.0141 e. The van der Waals surface area contributed by atoms with Gasteiger partial charge >= 0.3 is 0 Å². The van der Waals surface area contributed by atoms with Gasteiger partial charge in [0.2, 0.25) is 0 Å². The van der Waals surface area contributed by atoms with Crippen LogP contribution in [-0.2, 0) is 0 Å². The van der Waals surface area contributed by atoms with Crippen LogP contribution in [-0.4, -0.2) is 30.1 Å². The van der Waals surface area contributed by atoms with Gasteiger partial charge in [-0.1, -0.05) is 32.6 Å². The van der Waals surface area contributed by atoms with Gasteiger partial charge in [0.15, 0.2) is 0 Å². The van der Waals surface area contributed by atoms with Gasteiger partial charge in [-0.05, 0) is 69.4 Å². The second-order valence-corrected chi connectivity index (χ2v) is 7.67. The van der Waals surface area contributed by atoms with Gasteiger partial charge in [-0.3, -0.25) is 4.90 Å². The molecule has 0 amide bonds. The standard InChI is InChI=1S/C18H34N2/c1-2-5-14-9-10-16(13-19)18(12-14)20-11-4-7-15-6-3-8-17(15)20/h14-18H,2-13,19H2,1H3. The van der Waals surface area contributed by atoms with E-state index in [1.54, 1.807) is 0 Å². The molecule has 2 saturated carbocycles. The summed E-state index contributed by atoms with van der Waals surface area (Å²) < 4.78 is 0. The van der Waals surface area contributed by atoms with Gasteiger partial charge in [0.1, 0.15) is 0 Å². The van der Waals surface area contributed by atoms with E-state index in [1.165, 1.54) is 70.8 Å². The van der Waals surface area contributed by atoms with Gasteiger partial charge in [-0.25, -0.2) is 0 Å². The number of nitrogens with zero attached hydrogens (tertiary/aromatic N) is 1. The average Bonchev–Trinajstić information content (AvgIpc) is 2.96. The van der Waals surface area contributed by atoms with Crippen LogP contribution in [0, 0.1) is 17.8 Å². The van der Waals surface area contributed by atoms with Crippen LogP contribution in [0.3, 0.4) is 0 Å². The Hall–Kier alpha value is -0.0800. The third-order valence-electron chi connectivity index (χ3n) is 6.53. The topological polar surface area (TPSA) is 29.3 Å². The van der Waals surface area contributed by atoms with Crippen LogP contribution in [0.1, 0.15) is 71.1 Å². The van der Waals surface area contributed by atoms with Crippen LogP contribution in [0.15, 0.2) is 0 Å². The number of rotatable bonds is 4. The Balaban J connectivity index is 1.70. The van der Waals surface area contributed by atoms with Crippen molar-refractivity contribution in [3.63, 3.8) is 0 Å². The Morgan fingerprint density at radius 3 is 2.65 bits per heavy atom. The number of fused-ring (bicyclic) bond motifs is 1. The molecular formula is C18H34N2. The highest BCUT2D eigenvalue weighted by Gasteiger charge is 2.42. The van der Waals surface area contributed by atoms with E-state index in [0.717, 1.165) is 36.4 Å². The minimum atomic E-state index is 0.780. The third-order valence-corrected chi connectivity index (χ3v) is 6.53. The summed E-state index contributed by atoms with van der Waals surface area (Å²) in [5.41, 5.74) is 6.13.